The van der Waals surface area contributed by atoms with E-state index in [1.54, 1.807) is 34.7 Å². The Kier molecular flexibility index (Phi) is 7.70. The first-order valence-corrected chi connectivity index (χ1v) is 14.4. The van der Waals surface area contributed by atoms with Crippen LogP contribution in [0, 0.1) is 18.3 Å². The molecule has 0 unspecified atom stereocenters. The first kappa shape index (κ1) is 29.1. The maximum Gasteiger partial charge on any atom is 0.410 e. The van der Waals surface area contributed by atoms with Gasteiger partial charge in [-0.15, -0.1) is 0 Å². The molecule has 214 valence electrons. The molecule has 0 spiro atoms. The number of nitriles is 1. The number of nitrogens with one attached hydrogen (secondary N) is 2. The number of benzene rings is 1. The number of aromatic nitrogens is 3. The van der Waals surface area contributed by atoms with Crippen molar-refractivity contribution in [2.45, 2.75) is 63.0 Å². The van der Waals surface area contributed by atoms with Crippen LogP contribution in [0.2, 0.25) is 0 Å². The Bertz CT molecular complexity index is 1640. The third-order valence-electron chi connectivity index (χ3n) is 7.00. The number of likely N-dealkylation sites (tertiary alicyclic amines) is 1. The van der Waals surface area contributed by atoms with Crippen LogP contribution in [-0.4, -0.2) is 71.3 Å². The van der Waals surface area contributed by atoms with Crippen LogP contribution < -0.4 is 10.9 Å². The van der Waals surface area contributed by atoms with Gasteiger partial charge in [0.25, 0.3) is 5.56 Å². The number of nitrogens with zero attached hydrogens (tertiary/aromatic N) is 5. The third kappa shape index (κ3) is 5.55. The molecular formula is C27H35N7O5S. The summed E-state index contributed by atoms with van der Waals surface area (Å²) in [5.41, 5.74) is -0.0842. The van der Waals surface area contributed by atoms with Gasteiger partial charge in [-0.25, -0.2) is 17.5 Å². The van der Waals surface area contributed by atoms with Crippen molar-refractivity contribution in [2.75, 3.05) is 32.5 Å². The predicted octanol–water partition coefficient (Wildman–Crippen LogP) is 3.67. The molecule has 0 atom stereocenters. The highest BCUT2D eigenvalue weighted by Crippen LogP contribution is 2.38. The number of fused-ring (bicyclic) bond motifs is 1. The van der Waals surface area contributed by atoms with Crippen LogP contribution in [0.25, 0.3) is 10.9 Å². The number of carbonyl (C=O) groups excluding carboxylic acids is 1. The molecule has 1 aliphatic heterocycles. The van der Waals surface area contributed by atoms with Crippen molar-refractivity contribution in [3.8, 4) is 6.07 Å². The molecule has 1 amide bonds. The molecule has 0 saturated carbocycles. The van der Waals surface area contributed by atoms with Gasteiger partial charge in [0.05, 0.1) is 28.4 Å². The van der Waals surface area contributed by atoms with E-state index in [9.17, 15) is 23.3 Å². The molecule has 2 N–H and O–H groups in total. The van der Waals surface area contributed by atoms with E-state index in [-0.39, 0.29) is 22.7 Å². The number of aryl methyl sites for hydroxylation is 1. The highest BCUT2D eigenvalue weighted by Gasteiger charge is 2.41. The predicted molar refractivity (Wildman–Crippen MR) is 151 cm³/mol. The maximum absolute atomic E-state index is 13.0. The molecule has 3 aromatic rings. The van der Waals surface area contributed by atoms with Gasteiger partial charge in [-0.3, -0.25) is 9.48 Å². The molecule has 3 heterocycles. The zero-order valence-corrected chi connectivity index (χ0v) is 24.4. The summed E-state index contributed by atoms with van der Waals surface area (Å²) in [6, 6.07) is 8.83. The SMILES string of the molecule is Cc1cc(Nc2nn(C3(CC#N)CCN(C(=O)OC(C)(C)C)CC3)c3cc[nH]c(=O)c23)ccc1S(=O)(=O)N(C)C. The quantitative estimate of drug-likeness (QED) is 0.456. The van der Waals surface area contributed by atoms with Crippen LogP contribution >= 0.6 is 0 Å². The largest absolute Gasteiger partial charge is 0.444 e. The van der Waals surface area contributed by atoms with Gasteiger partial charge in [0.15, 0.2) is 5.82 Å². The Balaban J connectivity index is 1.71. The number of aromatic amines is 1. The molecule has 1 fully saturated rings. The summed E-state index contributed by atoms with van der Waals surface area (Å²) >= 11 is 0. The highest BCUT2D eigenvalue weighted by molar-refractivity contribution is 7.89. The van der Waals surface area contributed by atoms with Gasteiger partial charge in [-0.2, -0.15) is 10.4 Å². The molecule has 1 aliphatic rings. The zero-order valence-electron chi connectivity index (χ0n) is 23.6. The summed E-state index contributed by atoms with van der Waals surface area (Å²) in [7, 11) is -0.675. The number of hydrogen-bond donors (Lipinski definition) is 2. The Labute approximate surface area is 233 Å². The summed E-state index contributed by atoms with van der Waals surface area (Å²) < 4.78 is 33.7. The van der Waals surface area contributed by atoms with E-state index >= 15 is 0 Å². The van der Waals surface area contributed by atoms with Gasteiger partial charge < -0.3 is 19.9 Å². The highest BCUT2D eigenvalue weighted by atomic mass is 32.2. The number of ether oxygens (including phenoxy) is 1. The van der Waals surface area contributed by atoms with Gasteiger partial charge >= 0.3 is 6.09 Å². The summed E-state index contributed by atoms with van der Waals surface area (Å²) in [6.07, 6.45) is 2.15. The number of carbonyl (C=O) groups is 1. The summed E-state index contributed by atoms with van der Waals surface area (Å²) in [4.78, 5) is 30.1. The number of rotatable bonds is 6. The number of sulfonamides is 1. The molecule has 4 rings (SSSR count). The minimum absolute atomic E-state index is 0.133. The molecule has 40 heavy (non-hydrogen) atoms. The van der Waals surface area contributed by atoms with Crippen LogP contribution in [-0.2, 0) is 20.3 Å². The standard InChI is InChI=1S/C27H35N7O5S/c1-18-17-19(7-8-21(18)40(37,38)32(5)6)30-23-22-20(9-14-29-24(22)35)34(31-23)27(10-13-28)11-15-33(16-12-27)25(36)39-26(2,3)4/h7-9,14,17H,10-12,15-16H2,1-6H3,(H,29,35)(H,30,31). The minimum atomic E-state index is -3.62. The first-order valence-electron chi connectivity index (χ1n) is 12.9. The second-order valence-corrected chi connectivity index (χ2v) is 13.4. The molecule has 13 heteroatoms. The molecule has 0 bridgehead atoms. The third-order valence-corrected chi connectivity index (χ3v) is 8.98. The summed E-state index contributed by atoms with van der Waals surface area (Å²) in [5.74, 6) is 0.284. The Morgan fingerprint density at radius 3 is 2.50 bits per heavy atom. The number of hydrogen-bond acceptors (Lipinski definition) is 8. The fraction of sp³-hybridized carbons (Fsp3) is 0.481. The van der Waals surface area contributed by atoms with Gasteiger partial charge in [0.1, 0.15) is 11.0 Å². The van der Waals surface area contributed by atoms with Crippen molar-refractivity contribution in [1.29, 1.82) is 5.26 Å². The van der Waals surface area contributed by atoms with Crippen LogP contribution in [0.3, 0.4) is 0 Å². The number of anilines is 2. The smallest absolute Gasteiger partial charge is 0.410 e. The molecular weight excluding hydrogens is 534 g/mol. The lowest BCUT2D eigenvalue weighted by Crippen LogP contribution is -2.49. The van der Waals surface area contributed by atoms with E-state index in [4.69, 9.17) is 9.84 Å². The van der Waals surface area contributed by atoms with Crippen LogP contribution in [0.5, 0.6) is 0 Å². The van der Waals surface area contributed by atoms with Crippen LogP contribution in [0.1, 0.15) is 45.6 Å². The van der Waals surface area contributed by atoms with Gasteiger partial charge in [0.2, 0.25) is 10.0 Å². The molecule has 12 nitrogen and oxygen atoms in total. The Morgan fingerprint density at radius 1 is 1.25 bits per heavy atom. The number of amides is 1. The van der Waals surface area contributed by atoms with Gasteiger partial charge in [-0.05, 0) is 70.4 Å². The molecule has 2 aromatic heterocycles. The lowest BCUT2D eigenvalue weighted by molar-refractivity contribution is 0.0110. The van der Waals surface area contributed by atoms with E-state index in [1.165, 1.54) is 26.4 Å². The average molecular weight is 570 g/mol. The number of piperidine rings is 1. The van der Waals surface area contributed by atoms with Crippen molar-refractivity contribution in [3.63, 3.8) is 0 Å². The summed E-state index contributed by atoms with van der Waals surface area (Å²) in [6.45, 7) is 7.87. The lowest BCUT2D eigenvalue weighted by atomic mass is 9.85. The van der Waals surface area contributed by atoms with E-state index in [1.807, 2.05) is 20.8 Å². The van der Waals surface area contributed by atoms with E-state index in [0.29, 0.717) is 48.1 Å². The minimum Gasteiger partial charge on any atom is -0.444 e. The first-order chi connectivity index (χ1) is 18.7. The molecule has 0 radical (unpaired) electrons. The fourth-order valence-corrected chi connectivity index (χ4v) is 6.02. The van der Waals surface area contributed by atoms with E-state index < -0.39 is 27.3 Å². The van der Waals surface area contributed by atoms with Crippen LogP contribution in [0.4, 0.5) is 16.3 Å². The van der Waals surface area contributed by atoms with Crippen molar-refractivity contribution in [1.82, 2.24) is 24.0 Å². The van der Waals surface area contributed by atoms with Crippen molar-refractivity contribution >= 4 is 38.5 Å². The van der Waals surface area contributed by atoms with E-state index in [0.717, 1.165) is 4.31 Å². The van der Waals surface area contributed by atoms with Crippen molar-refractivity contribution in [3.05, 3.63) is 46.4 Å². The number of H-pyrrole nitrogens is 1. The maximum atomic E-state index is 13.0. The van der Waals surface area contributed by atoms with Crippen molar-refractivity contribution in [2.24, 2.45) is 0 Å². The normalized spacial score (nSPS) is 15.7. The van der Waals surface area contributed by atoms with E-state index in [2.05, 4.69) is 16.4 Å². The van der Waals surface area contributed by atoms with Gasteiger partial charge in [-0.1, -0.05) is 0 Å². The lowest BCUT2D eigenvalue weighted by Gasteiger charge is -2.41. The Morgan fingerprint density at radius 2 is 1.93 bits per heavy atom. The fourth-order valence-electron chi connectivity index (χ4n) is 4.92. The second-order valence-electron chi connectivity index (χ2n) is 11.2. The average Bonchev–Trinajstić information content (AvgIpc) is 3.23. The molecule has 1 saturated heterocycles. The second kappa shape index (κ2) is 10.6. The Hall–Kier alpha value is -3.89. The number of pyridine rings is 1. The van der Waals surface area contributed by atoms with Gasteiger partial charge in [0, 0.05) is 39.1 Å². The monoisotopic (exact) mass is 569 g/mol. The summed E-state index contributed by atoms with van der Waals surface area (Å²) in [5, 5.41) is 18.1. The topological polar surface area (TPSA) is 153 Å². The zero-order chi connectivity index (χ0) is 29.5. The van der Waals surface area contributed by atoms with Crippen LogP contribution in [0.15, 0.2) is 40.2 Å². The molecule has 0 aliphatic carbocycles. The van der Waals surface area contributed by atoms with Crippen molar-refractivity contribution < 1.29 is 17.9 Å². The molecule has 1 aromatic carbocycles.